The number of carbonyl (C=O) groups excluding carboxylic acids is 1. The van der Waals surface area contributed by atoms with Crippen molar-refractivity contribution in [2.75, 3.05) is 12.4 Å². The van der Waals surface area contributed by atoms with Gasteiger partial charge in [0, 0.05) is 27.1 Å². The van der Waals surface area contributed by atoms with Crippen molar-refractivity contribution in [1.82, 2.24) is 19.5 Å². The van der Waals surface area contributed by atoms with Gasteiger partial charge in [0.1, 0.15) is 33.3 Å². The van der Waals surface area contributed by atoms with E-state index in [0.29, 0.717) is 32.7 Å². The maximum absolute atomic E-state index is 14.3. The van der Waals surface area contributed by atoms with E-state index in [-0.39, 0.29) is 30.2 Å². The normalized spacial score (nSPS) is 12.1. The van der Waals surface area contributed by atoms with Crippen molar-refractivity contribution in [1.29, 1.82) is 0 Å². The number of hydrogen-bond donors (Lipinski definition) is 3. The number of nitrogens with zero attached hydrogens (tertiary/aromatic N) is 2. The molecular formula is C27H20Cl2F2N4O3S. The molecule has 39 heavy (non-hydrogen) atoms. The number of aliphatic hydroxyl groups excluding tert-OH is 1. The number of benzene rings is 3. The molecule has 7 nitrogen and oxygen atoms in total. The Morgan fingerprint density at radius 2 is 1.79 bits per heavy atom. The molecule has 5 aromatic rings. The summed E-state index contributed by atoms with van der Waals surface area (Å²) in [7, 11) is -1.83. The van der Waals surface area contributed by atoms with E-state index in [1.807, 2.05) is 30.3 Å². The highest BCUT2D eigenvalue weighted by Crippen LogP contribution is 2.40. The quantitative estimate of drug-likeness (QED) is 0.202. The lowest BCUT2D eigenvalue weighted by atomic mass is 9.98. The van der Waals surface area contributed by atoms with E-state index in [2.05, 4.69) is 14.8 Å². The number of carbonyl (C=O) groups is 1. The Labute approximate surface area is 234 Å². The van der Waals surface area contributed by atoms with Crippen LogP contribution >= 0.6 is 23.2 Å². The number of rotatable bonds is 8. The van der Waals surface area contributed by atoms with E-state index in [1.165, 1.54) is 4.68 Å². The Morgan fingerprint density at radius 3 is 2.49 bits per heavy atom. The van der Waals surface area contributed by atoms with E-state index < -0.39 is 33.5 Å². The molecular weight excluding hydrogens is 569 g/mol. The Bertz CT molecular complexity index is 1700. The molecule has 3 aromatic carbocycles. The molecule has 0 aliphatic carbocycles. The van der Waals surface area contributed by atoms with Crippen LogP contribution in [0.25, 0.3) is 33.3 Å². The summed E-state index contributed by atoms with van der Waals surface area (Å²) in [5.41, 5.74) is 3.20. The number of aromatic amines is 1. The van der Waals surface area contributed by atoms with Crippen LogP contribution in [0, 0.1) is 11.6 Å². The first-order valence-corrected chi connectivity index (χ1v) is 13.7. The minimum atomic E-state index is -1.83. The Kier molecular flexibility index (Phi) is 7.81. The van der Waals surface area contributed by atoms with Crippen molar-refractivity contribution in [3.63, 3.8) is 0 Å². The summed E-state index contributed by atoms with van der Waals surface area (Å²) in [6.07, 6.45) is 1.60. The summed E-state index contributed by atoms with van der Waals surface area (Å²) in [4.78, 5) is 16.4. The van der Waals surface area contributed by atoms with Gasteiger partial charge < -0.3 is 10.1 Å². The fraction of sp³-hybridized carbons (Fsp3) is 0.111. The summed E-state index contributed by atoms with van der Waals surface area (Å²) in [5.74, 6) is -2.64. The zero-order valence-electron chi connectivity index (χ0n) is 20.1. The molecule has 2 aromatic heterocycles. The molecule has 0 bridgehead atoms. The average Bonchev–Trinajstić information content (AvgIpc) is 3.48. The fourth-order valence-electron chi connectivity index (χ4n) is 4.34. The summed E-state index contributed by atoms with van der Waals surface area (Å²) >= 11 is 11.9. The van der Waals surface area contributed by atoms with Gasteiger partial charge in [0.25, 0.3) is 5.91 Å². The minimum absolute atomic E-state index is 0.0507. The second-order valence-corrected chi connectivity index (χ2v) is 10.7. The zero-order chi connectivity index (χ0) is 27.7. The molecule has 1 unspecified atom stereocenters. The molecule has 0 aliphatic heterocycles. The molecule has 0 radical (unpaired) electrons. The number of hydrogen-bond acceptors (Lipinski definition) is 4. The lowest BCUT2D eigenvalue weighted by Crippen LogP contribution is -2.29. The third kappa shape index (κ3) is 5.46. The number of aliphatic hydroxyl groups is 1. The molecule has 1 atom stereocenters. The zero-order valence-corrected chi connectivity index (χ0v) is 22.4. The number of amides is 1. The molecule has 200 valence electrons. The number of H-pyrrole nitrogens is 1. The van der Waals surface area contributed by atoms with E-state index in [9.17, 15) is 17.8 Å². The van der Waals surface area contributed by atoms with Gasteiger partial charge in [-0.2, -0.15) is 5.10 Å². The van der Waals surface area contributed by atoms with E-state index in [1.54, 1.807) is 24.4 Å². The highest BCUT2D eigenvalue weighted by atomic mass is 35.5. The van der Waals surface area contributed by atoms with Crippen LogP contribution in [0.4, 0.5) is 8.78 Å². The second-order valence-electron chi connectivity index (χ2n) is 8.57. The van der Waals surface area contributed by atoms with Crippen LogP contribution in [0.3, 0.4) is 0 Å². The molecule has 0 aliphatic rings. The van der Waals surface area contributed by atoms with Crippen LogP contribution < -0.4 is 4.72 Å². The third-order valence-electron chi connectivity index (χ3n) is 6.01. The van der Waals surface area contributed by atoms with Gasteiger partial charge in [-0.1, -0.05) is 59.6 Å². The molecule has 0 spiro atoms. The van der Waals surface area contributed by atoms with Crippen molar-refractivity contribution in [2.45, 2.75) is 6.54 Å². The highest BCUT2D eigenvalue weighted by molar-refractivity contribution is 7.83. The molecule has 2 heterocycles. The molecule has 12 heteroatoms. The van der Waals surface area contributed by atoms with Gasteiger partial charge >= 0.3 is 0 Å². The largest absolute Gasteiger partial charge is 0.395 e. The standard InChI is InChI=1S/C27H20Cl2F2N4O3S/c28-17-6-7-18-22(12-17)33-25(27(37)34-39(38)9-8-36)23(18)26-19(16-4-2-1-3-5-16)13-32-35(26)14-15-10-20(30)24(29)21(31)11-15/h1-7,10-13,33,36H,8-9,14H2,(H,34,37). The molecule has 0 saturated heterocycles. The second kappa shape index (κ2) is 11.3. The first-order valence-electron chi connectivity index (χ1n) is 11.6. The molecule has 1 amide bonds. The van der Waals surface area contributed by atoms with E-state index in [4.69, 9.17) is 28.3 Å². The van der Waals surface area contributed by atoms with Gasteiger partial charge in [0.15, 0.2) is 0 Å². The lowest BCUT2D eigenvalue weighted by Gasteiger charge is -2.13. The molecule has 5 rings (SSSR count). The van der Waals surface area contributed by atoms with Gasteiger partial charge in [0.2, 0.25) is 0 Å². The Morgan fingerprint density at radius 1 is 1.08 bits per heavy atom. The van der Waals surface area contributed by atoms with Crippen LogP contribution in [0.2, 0.25) is 10.0 Å². The van der Waals surface area contributed by atoms with E-state index in [0.717, 1.165) is 17.7 Å². The maximum Gasteiger partial charge on any atom is 0.280 e. The summed E-state index contributed by atoms with van der Waals surface area (Å²) in [5, 5.41) is 14.1. The first-order chi connectivity index (χ1) is 18.8. The maximum atomic E-state index is 14.3. The van der Waals surface area contributed by atoms with Gasteiger partial charge in [-0.15, -0.1) is 0 Å². The summed E-state index contributed by atoms with van der Waals surface area (Å²) < 4.78 is 44.7. The summed E-state index contributed by atoms with van der Waals surface area (Å²) in [6.45, 7) is -0.424. The van der Waals surface area contributed by atoms with Crippen molar-refractivity contribution in [2.24, 2.45) is 0 Å². The topological polar surface area (TPSA) is 100 Å². The van der Waals surface area contributed by atoms with Crippen LogP contribution in [-0.2, 0) is 17.5 Å². The van der Waals surface area contributed by atoms with Crippen molar-refractivity contribution >= 4 is 51.0 Å². The molecule has 3 N–H and O–H groups in total. The van der Waals surface area contributed by atoms with Gasteiger partial charge in [-0.3, -0.25) is 14.2 Å². The van der Waals surface area contributed by atoms with Crippen LogP contribution in [0.15, 0.2) is 66.9 Å². The minimum Gasteiger partial charge on any atom is -0.395 e. The number of nitrogens with one attached hydrogen (secondary N) is 2. The third-order valence-corrected chi connectivity index (χ3v) is 7.57. The fourth-order valence-corrected chi connectivity index (χ4v) is 5.20. The first kappa shape index (κ1) is 27.0. The SMILES string of the molecule is O=C(NS(=O)CCO)c1[nH]c2cc(Cl)ccc2c1-c1c(-c2ccccc2)cnn1Cc1cc(F)c(Cl)c(F)c1. The van der Waals surface area contributed by atoms with Crippen molar-refractivity contribution < 1.29 is 22.9 Å². The predicted octanol–water partition coefficient (Wildman–Crippen LogP) is 5.72. The van der Waals surface area contributed by atoms with Crippen molar-refractivity contribution in [3.05, 3.63) is 99.8 Å². The van der Waals surface area contributed by atoms with Crippen LogP contribution in [0.5, 0.6) is 0 Å². The molecule has 0 fully saturated rings. The average molecular weight is 589 g/mol. The number of halogens is 4. The Hall–Kier alpha value is -3.57. The van der Waals surface area contributed by atoms with Crippen LogP contribution in [-0.4, -0.2) is 42.3 Å². The predicted molar refractivity (Wildman–Crippen MR) is 148 cm³/mol. The van der Waals surface area contributed by atoms with Gasteiger partial charge in [-0.25, -0.2) is 13.0 Å². The monoisotopic (exact) mass is 588 g/mol. The van der Waals surface area contributed by atoms with Gasteiger partial charge in [-0.05, 0) is 35.4 Å². The number of fused-ring (bicyclic) bond motifs is 1. The number of aromatic nitrogens is 3. The van der Waals surface area contributed by atoms with Crippen molar-refractivity contribution in [3.8, 4) is 22.4 Å². The van der Waals surface area contributed by atoms with Gasteiger partial charge in [0.05, 0.1) is 30.8 Å². The Balaban J connectivity index is 1.75. The van der Waals surface area contributed by atoms with E-state index >= 15 is 0 Å². The van der Waals surface area contributed by atoms with Crippen LogP contribution in [0.1, 0.15) is 16.1 Å². The smallest absolute Gasteiger partial charge is 0.280 e. The lowest BCUT2D eigenvalue weighted by molar-refractivity contribution is 0.0979. The summed E-state index contributed by atoms with van der Waals surface area (Å²) in [6, 6.07) is 16.6. The molecule has 0 saturated carbocycles. The highest BCUT2D eigenvalue weighted by Gasteiger charge is 2.26.